The van der Waals surface area contributed by atoms with Gasteiger partial charge in [0.1, 0.15) is 0 Å². The summed E-state index contributed by atoms with van der Waals surface area (Å²) in [6, 6.07) is 0. The lowest BCUT2D eigenvalue weighted by Gasteiger charge is -2.27. The van der Waals surface area contributed by atoms with Gasteiger partial charge in [-0.2, -0.15) is 0 Å². The molecule has 11 heavy (non-hydrogen) atoms. The third-order valence-electron chi connectivity index (χ3n) is 2.71. The van der Waals surface area contributed by atoms with Crippen LogP contribution in [0.4, 0.5) is 0 Å². The van der Waals surface area contributed by atoms with Gasteiger partial charge in [-0.3, -0.25) is 0 Å². The van der Waals surface area contributed by atoms with E-state index in [2.05, 4.69) is 19.2 Å². The van der Waals surface area contributed by atoms with Crippen LogP contribution in [-0.2, 0) is 0 Å². The molecule has 2 nitrogen and oxygen atoms in total. The molecule has 0 aromatic heterocycles. The zero-order valence-corrected chi connectivity index (χ0v) is 7.56. The standard InChI is InChI=1S/C9H19NO/c1-3-10-9(7-11)5-4-8(2)6-9/h8,10-11H,3-7H2,1-2H3. The van der Waals surface area contributed by atoms with Gasteiger partial charge in [0.25, 0.3) is 0 Å². The fraction of sp³-hybridized carbons (Fsp3) is 1.00. The quantitative estimate of drug-likeness (QED) is 0.644. The van der Waals surface area contributed by atoms with E-state index in [0.717, 1.165) is 25.3 Å². The van der Waals surface area contributed by atoms with E-state index in [1.807, 2.05) is 0 Å². The highest BCUT2D eigenvalue weighted by molar-refractivity contribution is 4.94. The maximum absolute atomic E-state index is 9.20. The van der Waals surface area contributed by atoms with Crippen molar-refractivity contribution in [3.05, 3.63) is 0 Å². The van der Waals surface area contributed by atoms with Gasteiger partial charge in [-0.15, -0.1) is 0 Å². The molecule has 1 fully saturated rings. The molecule has 66 valence electrons. The second kappa shape index (κ2) is 3.55. The average Bonchev–Trinajstić information content (AvgIpc) is 2.34. The van der Waals surface area contributed by atoms with Crippen molar-refractivity contribution < 1.29 is 5.11 Å². The fourth-order valence-electron chi connectivity index (χ4n) is 2.13. The minimum absolute atomic E-state index is 0.0637. The van der Waals surface area contributed by atoms with Gasteiger partial charge in [-0.1, -0.05) is 13.8 Å². The Hall–Kier alpha value is -0.0800. The van der Waals surface area contributed by atoms with Gasteiger partial charge in [0, 0.05) is 5.54 Å². The number of aliphatic hydroxyl groups excluding tert-OH is 1. The first-order valence-electron chi connectivity index (χ1n) is 4.58. The molecule has 2 heteroatoms. The summed E-state index contributed by atoms with van der Waals surface area (Å²) in [4.78, 5) is 0. The molecule has 2 N–H and O–H groups in total. The highest BCUT2D eigenvalue weighted by Gasteiger charge is 2.35. The van der Waals surface area contributed by atoms with Crippen LogP contribution in [0.2, 0.25) is 0 Å². The lowest BCUT2D eigenvalue weighted by atomic mass is 9.97. The molecule has 0 radical (unpaired) electrons. The molecule has 1 aliphatic carbocycles. The molecule has 2 unspecified atom stereocenters. The Bertz CT molecular complexity index is 123. The Kier molecular flexibility index (Phi) is 2.90. The number of rotatable bonds is 3. The summed E-state index contributed by atoms with van der Waals surface area (Å²) < 4.78 is 0. The SMILES string of the molecule is CCNC1(CO)CCC(C)C1. The van der Waals surface area contributed by atoms with Crippen LogP contribution in [0.1, 0.15) is 33.1 Å². The molecule has 0 aromatic carbocycles. The number of likely N-dealkylation sites (N-methyl/N-ethyl adjacent to an activating group) is 1. The summed E-state index contributed by atoms with van der Waals surface area (Å²) in [7, 11) is 0. The van der Waals surface area contributed by atoms with Crippen molar-refractivity contribution in [3.8, 4) is 0 Å². The van der Waals surface area contributed by atoms with Crippen molar-refractivity contribution in [2.45, 2.75) is 38.6 Å². The number of hydrogen-bond donors (Lipinski definition) is 2. The number of hydrogen-bond acceptors (Lipinski definition) is 2. The first kappa shape index (κ1) is 9.01. The van der Waals surface area contributed by atoms with Crippen molar-refractivity contribution in [2.75, 3.05) is 13.2 Å². The molecule has 1 saturated carbocycles. The van der Waals surface area contributed by atoms with Crippen LogP contribution in [0, 0.1) is 5.92 Å². The zero-order valence-electron chi connectivity index (χ0n) is 7.56. The molecule has 0 amide bonds. The van der Waals surface area contributed by atoms with Crippen LogP contribution >= 0.6 is 0 Å². The summed E-state index contributed by atoms with van der Waals surface area (Å²) in [6.07, 6.45) is 3.53. The predicted octanol–water partition coefficient (Wildman–Crippen LogP) is 1.15. The van der Waals surface area contributed by atoms with Crippen LogP contribution in [0.5, 0.6) is 0 Å². The van der Waals surface area contributed by atoms with Gasteiger partial charge in [0.2, 0.25) is 0 Å². The second-order valence-corrected chi connectivity index (χ2v) is 3.82. The van der Waals surface area contributed by atoms with Gasteiger partial charge < -0.3 is 10.4 Å². The highest BCUT2D eigenvalue weighted by Crippen LogP contribution is 2.33. The van der Waals surface area contributed by atoms with Gasteiger partial charge in [-0.05, 0) is 31.7 Å². The lowest BCUT2D eigenvalue weighted by molar-refractivity contribution is 0.163. The van der Waals surface area contributed by atoms with Crippen molar-refractivity contribution in [1.82, 2.24) is 5.32 Å². The topological polar surface area (TPSA) is 32.3 Å². The second-order valence-electron chi connectivity index (χ2n) is 3.82. The summed E-state index contributed by atoms with van der Waals surface area (Å²) in [5, 5.41) is 12.6. The zero-order chi connectivity index (χ0) is 8.32. The Morgan fingerprint density at radius 2 is 2.36 bits per heavy atom. The molecular weight excluding hydrogens is 138 g/mol. The smallest absolute Gasteiger partial charge is 0.0613 e. The molecule has 0 saturated heterocycles. The van der Waals surface area contributed by atoms with Crippen LogP contribution in [0.25, 0.3) is 0 Å². The Morgan fingerprint density at radius 1 is 1.64 bits per heavy atom. The first-order chi connectivity index (χ1) is 5.22. The summed E-state index contributed by atoms with van der Waals surface area (Å²) in [6.45, 7) is 5.62. The van der Waals surface area contributed by atoms with Crippen molar-refractivity contribution in [3.63, 3.8) is 0 Å². The molecule has 2 atom stereocenters. The minimum atomic E-state index is 0.0637. The van der Waals surface area contributed by atoms with Gasteiger partial charge in [0.05, 0.1) is 6.61 Å². The monoisotopic (exact) mass is 157 g/mol. The number of nitrogens with one attached hydrogen (secondary N) is 1. The van der Waals surface area contributed by atoms with Crippen LogP contribution in [0.15, 0.2) is 0 Å². The fourth-order valence-corrected chi connectivity index (χ4v) is 2.13. The van der Waals surface area contributed by atoms with E-state index in [9.17, 15) is 5.11 Å². The first-order valence-corrected chi connectivity index (χ1v) is 4.58. The average molecular weight is 157 g/mol. The molecule has 0 heterocycles. The van der Waals surface area contributed by atoms with Crippen molar-refractivity contribution in [1.29, 1.82) is 0 Å². The highest BCUT2D eigenvalue weighted by atomic mass is 16.3. The van der Waals surface area contributed by atoms with Gasteiger partial charge >= 0.3 is 0 Å². The molecule has 0 spiro atoms. The lowest BCUT2D eigenvalue weighted by Crippen LogP contribution is -2.46. The van der Waals surface area contributed by atoms with Gasteiger partial charge in [-0.25, -0.2) is 0 Å². The van der Waals surface area contributed by atoms with Crippen molar-refractivity contribution in [2.24, 2.45) is 5.92 Å². The van der Waals surface area contributed by atoms with Crippen molar-refractivity contribution >= 4 is 0 Å². The molecule has 0 bridgehead atoms. The molecule has 0 aliphatic heterocycles. The molecule has 1 aliphatic rings. The predicted molar refractivity (Wildman–Crippen MR) is 46.5 cm³/mol. The van der Waals surface area contributed by atoms with E-state index in [1.165, 1.54) is 6.42 Å². The summed E-state index contributed by atoms with van der Waals surface area (Å²) in [5.41, 5.74) is 0.0637. The van der Waals surface area contributed by atoms with Crippen LogP contribution in [-0.4, -0.2) is 23.8 Å². The van der Waals surface area contributed by atoms with E-state index in [4.69, 9.17) is 0 Å². The third kappa shape index (κ3) is 1.94. The largest absolute Gasteiger partial charge is 0.394 e. The molecular formula is C9H19NO. The van der Waals surface area contributed by atoms with E-state index in [0.29, 0.717) is 6.61 Å². The third-order valence-corrected chi connectivity index (χ3v) is 2.71. The van der Waals surface area contributed by atoms with Crippen LogP contribution in [0.3, 0.4) is 0 Å². The molecule has 1 rings (SSSR count). The number of aliphatic hydroxyl groups is 1. The minimum Gasteiger partial charge on any atom is -0.394 e. The van der Waals surface area contributed by atoms with Gasteiger partial charge in [0.15, 0.2) is 0 Å². The van der Waals surface area contributed by atoms with Crippen LogP contribution < -0.4 is 5.32 Å². The Morgan fingerprint density at radius 3 is 2.73 bits per heavy atom. The van der Waals surface area contributed by atoms with E-state index < -0.39 is 0 Å². The maximum atomic E-state index is 9.20. The Labute approximate surface area is 69.0 Å². The van der Waals surface area contributed by atoms with E-state index >= 15 is 0 Å². The Balaban J connectivity index is 2.48. The molecule has 0 aromatic rings. The normalized spacial score (nSPS) is 37.9. The van der Waals surface area contributed by atoms with E-state index in [1.54, 1.807) is 0 Å². The summed E-state index contributed by atoms with van der Waals surface area (Å²) >= 11 is 0. The maximum Gasteiger partial charge on any atom is 0.0613 e. The summed E-state index contributed by atoms with van der Waals surface area (Å²) in [5.74, 6) is 0.779. The van der Waals surface area contributed by atoms with E-state index in [-0.39, 0.29) is 5.54 Å².